The van der Waals surface area contributed by atoms with Gasteiger partial charge in [-0.15, -0.1) is 0 Å². The molecule has 1 amide bonds. The van der Waals surface area contributed by atoms with Gasteiger partial charge >= 0.3 is 0 Å². The van der Waals surface area contributed by atoms with Crippen LogP contribution < -0.4 is 10.6 Å². The molecule has 1 aliphatic rings. The molecule has 0 aromatic heterocycles. The Morgan fingerprint density at radius 1 is 1.57 bits per heavy atom. The van der Waals surface area contributed by atoms with Crippen LogP contribution in [0.3, 0.4) is 0 Å². The fourth-order valence-corrected chi connectivity index (χ4v) is 1.21. The van der Waals surface area contributed by atoms with Gasteiger partial charge in [0.05, 0.1) is 6.10 Å². The number of amides is 1. The third kappa shape index (κ3) is 5.94. The van der Waals surface area contributed by atoms with Gasteiger partial charge in [-0.25, -0.2) is 0 Å². The van der Waals surface area contributed by atoms with Crippen LogP contribution in [-0.2, 0) is 4.79 Å². The number of carbonyl (C=O) groups excluding carboxylic acids is 1. The number of nitrogens with one attached hydrogen (secondary N) is 2. The monoisotopic (exact) mass is 200 g/mol. The second kappa shape index (κ2) is 5.98. The van der Waals surface area contributed by atoms with E-state index >= 15 is 0 Å². The Kier molecular flexibility index (Phi) is 4.90. The zero-order valence-corrected chi connectivity index (χ0v) is 8.75. The first-order valence-corrected chi connectivity index (χ1v) is 5.36. The minimum atomic E-state index is -0.310. The topological polar surface area (TPSA) is 61.4 Å². The number of hydrogen-bond donors (Lipinski definition) is 3. The van der Waals surface area contributed by atoms with Crippen LogP contribution in [0.2, 0.25) is 0 Å². The van der Waals surface area contributed by atoms with E-state index in [0.29, 0.717) is 19.0 Å². The van der Waals surface area contributed by atoms with Crippen molar-refractivity contribution < 1.29 is 9.90 Å². The lowest BCUT2D eigenvalue weighted by Crippen LogP contribution is -2.28. The molecule has 0 radical (unpaired) electrons. The van der Waals surface area contributed by atoms with E-state index in [0.717, 1.165) is 25.8 Å². The van der Waals surface area contributed by atoms with Crippen molar-refractivity contribution in [2.24, 2.45) is 0 Å². The van der Waals surface area contributed by atoms with Gasteiger partial charge in [0.25, 0.3) is 0 Å². The molecule has 0 saturated heterocycles. The second-order valence-electron chi connectivity index (χ2n) is 4.00. The van der Waals surface area contributed by atoms with Gasteiger partial charge in [-0.1, -0.05) is 0 Å². The van der Waals surface area contributed by atoms with Gasteiger partial charge in [0.1, 0.15) is 0 Å². The summed E-state index contributed by atoms with van der Waals surface area (Å²) in [5.74, 6) is 0.159. The SMILES string of the molecule is C[C@@H](O)CNCCCC(=O)NC1CC1. The molecular formula is C10H20N2O2. The number of carbonyl (C=O) groups is 1. The predicted octanol–water partition coefficient (Wildman–Crippen LogP) is 0.0156. The summed E-state index contributed by atoms with van der Waals surface area (Å²) in [5, 5.41) is 15.0. The number of hydrogen-bond acceptors (Lipinski definition) is 3. The zero-order valence-electron chi connectivity index (χ0n) is 8.75. The summed E-state index contributed by atoms with van der Waals surface area (Å²) in [6, 6.07) is 0.466. The average molecular weight is 200 g/mol. The van der Waals surface area contributed by atoms with E-state index in [1.807, 2.05) is 0 Å². The number of aliphatic hydroxyl groups is 1. The molecule has 4 heteroatoms. The van der Waals surface area contributed by atoms with E-state index in [-0.39, 0.29) is 12.0 Å². The molecule has 0 unspecified atom stereocenters. The average Bonchev–Trinajstić information content (AvgIpc) is 2.87. The Balaban J connectivity index is 1.84. The first-order valence-electron chi connectivity index (χ1n) is 5.36. The minimum absolute atomic E-state index is 0.159. The lowest BCUT2D eigenvalue weighted by Gasteiger charge is -2.06. The van der Waals surface area contributed by atoms with Crippen molar-refractivity contribution in [3.05, 3.63) is 0 Å². The van der Waals surface area contributed by atoms with Crippen LogP contribution in [0, 0.1) is 0 Å². The first-order chi connectivity index (χ1) is 6.68. The summed E-state index contributed by atoms with van der Waals surface area (Å²) in [4.78, 5) is 11.2. The molecule has 1 rings (SSSR count). The van der Waals surface area contributed by atoms with Crippen LogP contribution in [0.15, 0.2) is 0 Å². The molecule has 0 aromatic rings. The summed E-state index contributed by atoms with van der Waals surface area (Å²) in [5.41, 5.74) is 0. The summed E-state index contributed by atoms with van der Waals surface area (Å²) in [6.07, 6.45) is 3.40. The van der Waals surface area contributed by atoms with Crippen molar-refractivity contribution in [3.63, 3.8) is 0 Å². The highest BCUT2D eigenvalue weighted by atomic mass is 16.3. The lowest BCUT2D eigenvalue weighted by atomic mass is 10.3. The van der Waals surface area contributed by atoms with Crippen molar-refractivity contribution in [1.82, 2.24) is 10.6 Å². The van der Waals surface area contributed by atoms with Gasteiger partial charge in [-0.2, -0.15) is 0 Å². The van der Waals surface area contributed by atoms with E-state index in [1.54, 1.807) is 6.92 Å². The van der Waals surface area contributed by atoms with Crippen molar-refractivity contribution in [2.75, 3.05) is 13.1 Å². The fraction of sp³-hybridized carbons (Fsp3) is 0.900. The van der Waals surface area contributed by atoms with Gasteiger partial charge in [0.15, 0.2) is 0 Å². The van der Waals surface area contributed by atoms with Crippen molar-refractivity contribution >= 4 is 5.91 Å². The standard InChI is InChI=1S/C10H20N2O2/c1-8(13)7-11-6-2-3-10(14)12-9-4-5-9/h8-9,11,13H,2-7H2,1H3,(H,12,14)/t8-/m1/s1. The van der Waals surface area contributed by atoms with Crippen LogP contribution in [0.1, 0.15) is 32.6 Å². The number of rotatable bonds is 7. The molecule has 0 spiro atoms. The Hall–Kier alpha value is -0.610. The Morgan fingerprint density at radius 2 is 2.29 bits per heavy atom. The van der Waals surface area contributed by atoms with Gasteiger partial charge in [-0.05, 0) is 32.7 Å². The van der Waals surface area contributed by atoms with Crippen LogP contribution in [0.4, 0.5) is 0 Å². The molecule has 4 nitrogen and oxygen atoms in total. The van der Waals surface area contributed by atoms with E-state index in [9.17, 15) is 4.79 Å². The summed E-state index contributed by atoms with van der Waals surface area (Å²) in [7, 11) is 0. The molecule has 0 heterocycles. The first kappa shape index (κ1) is 11.5. The Morgan fingerprint density at radius 3 is 2.86 bits per heavy atom. The van der Waals surface area contributed by atoms with Crippen LogP contribution in [-0.4, -0.2) is 36.2 Å². The van der Waals surface area contributed by atoms with Crippen molar-refractivity contribution in [1.29, 1.82) is 0 Å². The molecule has 0 bridgehead atoms. The minimum Gasteiger partial charge on any atom is -0.392 e. The fourth-order valence-electron chi connectivity index (χ4n) is 1.21. The molecule has 0 aliphatic heterocycles. The second-order valence-corrected chi connectivity index (χ2v) is 4.00. The van der Waals surface area contributed by atoms with Gasteiger partial charge in [0.2, 0.25) is 5.91 Å². The summed E-state index contributed by atoms with van der Waals surface area (Å²) < 4.78 is 0. The normalized spacial score (nSPS) is 17.9. The van der Waals surface area contributed by atoms with Crippen LogP contribution in [0.25, 0.3) is 0 Å². The zero-order chi connectivity index (χ0) is 10.4. The maximum absolute atomic E-state index is 11.2. The molecule has 82 valence electrons. The highest BCUT2D eigenvalue weighted by Crippen LogP contribution is 2.18. The van der Waals surface area contributed by atoms with Crippen LogP contribution in [0.5, 0.6) is 0 Å². The van der Waals surface area contributed by atoms with E-state index in [2.05, 4.69) is 10.6 Å². The molecule has 1 fully saturated rings. The maximum Gasteiger partial charge on any atom is 0.220 e. The summed E-state index contributed by atoms with van der Waals surface area (Å²) >= 11 is 0. The molecule has 1 saturated carbocycles. The van der Waals surface area contributed by atoms with Crippen molar-refractivity contribution in [2.45, 2.75) is 44.8 Å². The molecule has 3 N–H and O–H groups in total. The van der Waals surface area contributed by atoms with E-state index in [1.165, 1.54) is 0 Å². The third-order valence-corrected chi connectivity index (χ3v) is 2.14. The lowest BCUT2D eigenvalue weighted by molar-refractivity contribution is -0.121. The molecule has 14 heavy (non-hydrogen) atoms. The third-order valence-electron chi connectivity index (χ3n) is 2.14. The number of aliphatic hydroxyl groups excluding tert-OH is 1. The van der Waals surface area contributed by atoms with Gasteiger partial charge in [-0.3, -0.25) is 4.79 Å². The van der Waals surface area contributed by atoms with E-state index in [4.69, 9.17) is 5.11 Å². The predicted molar refractivity (Wildman–Crippen MR) is 54.9 cm³/mol. The quantitative estimate of drug-likeness (QED) is 0.508. The molecular weight excluding hydrogens is 180 g/mol. The highest BCUT2D eigenvalue weighted by Gasteiger charge is 2.22. The largest absolute Gasteiger partial charge is 0.392 e. The van der Waals surface area contributed by atoms with Gasteiger partial charge < -0.3 is 15.7 Å². The van der Waals surface area contributed by atoms with Gasteiger partial charge in [0, 0.05) is 19.0 Å². The maximum atomic E-state index is 11.2. The van der Waals surface area contributed by atoms with E-state index < -0.39 is 0 Å². The van der Waals surface area contributed by atoms with Crippen LogP contribution >= 0.6 is 0 Å². The summed E-state index contributed by atoms with van der Waals surface area (Å²) in [6.45, 7) is 3.14. The Bertz CT molecular complexity index is 179. The molecule has 0 aromatic carbocycles. The highest BCUT2D eigenvalue weighted by molar-refractivity contribution is 5.76. The molecule has 1 atom stereocenters. The molecule has 1 aliphatic carbocycles. The smallest absolute Gasteiger partial charge is 0.220 e. The Labute approximate surface area is 85.1 Å². The van der Waals surface area contributed by atoms with Crippen molar-refractivity contribution in [3.8, 4) is 0 Å².